The summed E-state index contributed by atoms with van der Waals surface area (Å²) in [5.41, 5.74) is 5.60. The van der Waals surface area contributed by atoms with Gasteiger partial charge in [-0.2, -0.15) is 0 Å². The van der Waals surface area contributed by atoms with E-state index in [0.29, 0.717) is 16.8 Å². The molecular formula is C26H26N2O7. The van der Waals surface area contributed by atoms with Crippen LogP contribution < -0.4 is 5.73 Å². The van der Waals surface area contributed by atoms with Gasteiger partial charge in [-0.3, -0.25) is 19.4 Å². The summed E-state index contributed by atoms with van der Waals surface area (Å²) in [4.78, 5) is 42.8. The van der Waals surface area contributed by atoms with E-state index in [2.05, 4.69) is 4.98 Å². The molecule has 1 heterocycles. The summed E-state index contributed by atoms with van der Waals surface area (Å²) in [6.45, 7) is 2.02. The van der Waals surface area contributed by atoms with E-state index < -0.39 is 52.7 Å². The number of ketones is 2. The van der Waals surface area contributed by atoms with Gasteiger partial charge in [0.05, 0.1) is 17.4 Å². The highest BCUT2D eigenvalue weighted by molar-refractivity contribution is 6.24. The first-order chi connectivity index (χ1) is 16.6. The maximum atomic E-state index is 13.6. The minimum absolute atomic E-state index is 0.0580. The summed E-state index contributed by atoms with van der Waals surface area (Å²) in [5, 5.41) is 43.5. The Morgan fingerprint density at radius 1 is 1.20 bits per heavy atom. The van der Waals surface area contributed by atoms with Crippen LogP contribution in [0, 0.1) is 17.8 Å². The van der Waals surface area contributed by atoms with Crippen LogP contribution in [0.1, 0.15) is 36.5 Å². The fourth-order valence-corrected chi connectivity index (χ4v) is 6.01. The first-order valence-corrected chi connectivity index (χ1v) is 11.6. The number of benzene rings is 1. The minimum Gasteiger partial charge on any atom is -0.507 e. The fraction of sp³-hybridized carbons (Fsp3) is 0.385. The van der Waals surface area contributed by atoms with E-state index in [1.54, 1.807) is 12.3 Å². The number of hydrogen-bond donors (Lipinski definition) is 5. The number of nitrogens with two attached hydrogens (primary N) is 1. The van der Waals surface area contributed by atoms with Gasteiger partial charge in [-0.25, -0.2) is 0 Å². The summed E-state index contributed by atoms with van der Waals surface area (Å²) in [7, 11) is 0. The average Bonchev–Trinajstić information content (AvgIpc) is 2.81. The molecule has 0 aliphatic heterocycles. The number of aromatic nitrogens is 1. The number of phenols is 1. The number of phenolic OH excluding ortho intramolecular Hbond substituents is 1. The van der Waals surface area contributed by atoms with E-state index in [-0.39, 0.29) is 36.1 Å². The second-order valence-corrected chi connectivity index (χ2v) is 9.63. The molecule has 1 amide bonds. The highest BCUT2D eigenvalue weighted by Gasteiger charge is 2.63. The van der Waals surface area contributed by atoms with Crippen LogP contribution in [0.15, 0.2) is 36.0 Å². The maximum absolute atomic E-state index is 13.6. The highest BCUT2D eigenvalue weighted by Crippen LogP contribution is 2.52. The van der Waals surface area contributed by atoms with E-state index >= 15 is 0 Å². The normalized spacial score (nSPS) is 29.9. The molecule has 35 heavy (non-hydrogen) atoms. The molecule has 9 heteroatoms. The van der Waals surface area contributed by atoms with Gasteiger partial charge in [0.2, 0.25) is 11.7 Å². The number of nitrogens with zero attached hydrogens (tertiary/aromatic N) is 1. The van der Waals surface area contributed by atoms with Crippen molar-refractivity contribution >= 4 is 23.2 Å². The van der Waals surface area contributed by atoms with Crippen molar-refractivity contribution < 1.29 is 34.8 Å². The first kappa shape index (κ1) is 23.2. The van der Waals surface area contributed by atoms with Crippen LogP contribution in [0.25, 0.3) is 17.0 Å². The molecule has 0 saturated heterocycles. The Balaban J connectivity index is 1.66. The number of carbonyl (C=O) groups is 3. The molecule has 2 aromatic rings. The molecular weight excluding hydrogens is 452 g/mol. The predicted molar refractivity (Wildman–Crippen MR) is 124 cm³/mol. The number of aliphatic hydroxyl groups is 3. The number of primary amides is 1. The average molecular weight is 479 g/mol. The lowest BCUT2D eigenvalue weighted by atomic mass is 9.56. The van der Waals surface area contributed by atoms with Crippen molar-refractivity contribution in [2.75, 3.05) is 0 Å². The zero-order valence-electron chi connectivity index (χ0n) is 19.1. The van der Waals surface area contributed by atoms with E-state index in [4.69, 9.17) is 5.73 Å². The number of aryl methyl sites for hydroxylation is 1. The third-order valence-electron chi connectivity index (χ3n) is 7.78. The Morgan fingerprint density at radius 2 is 1.94 bits per heavy atom. The molecule has 2 fully saturated rings. The van der Waals surface area contributed by atoms with Crippen LogP contribution in [-0.2, 0) is 27.2 Å². The number of aliphatic hydroxyl groups excluding tert-OH is 2. The SMILES string of the molecule is CCc1ccnc(-c2ccc(O)c3c2C[C@H]2C[C@H]4CC(O)C(C(N)=O)C(=O)[C@@]4(O)C(=O)C2=C3O)c1. The molecule has 3 aliphatic carbocycles. The molecule has 0 radical (unpaired) electrons. The van der Waals surface area contributed by atoms with Crippen LogP contribution in [0.5, 0.6) is 5.75 Å². The molecule has 5 atom stereocenters. The molecule has 182 valence electrons. The maximum Gasteiger partial charge on any atom is 0.230 e. The monoisotopic (exact) mass is 478 g/mol. The second kappa shape index (κ2) is 8.00. The molecule has 2 unspecified atom stereocenters. The summed E-state index contributed by atoms with van der Waals surface area (Å²) in [6.07, 6.45) is 1.28. The standard InChI is InChI=1S/C26H26N2O7/c1-2-11-5-6-28-16(7-11)14-3-4-17(29)20-15(14)9-12-8-13-10-18(30)21(25(27)34)24(33)26(13,35)23(32)19(12)22(20)31/h3-7,12-13,18,21,29-31,35H,2,8-10H2,1H3,(H2,27,34)/t12-,13+,18?,21?,26+/m1/s1. The quantitative estimate of drug-likeness (QED) is 0.410. The topological polar surface area (TPSA) is 171 Å². The molecule has 2 saturated carbocycles. The number of aromatic hydroxyl groups is 1. The second-order valence-electron chi connectivity index (χ2n) is 9.63. The number of fused-ring (bicyclic) bond motifs is 3. The summed E-state index contributed by atoms with van der Waals surface area (Å²) < 4.78 is 0. The van der Waals surface area contributed by atoms with Gasteiger partial charge >= 0.3 is 0 Å². The predicted octanol–water partition coefficient (Wildman–Crippen LogP) is 1.21. The Hall–Kier alpha value is -3.56. The zero-order chi connectivity index (χ0) is 25.2. The van der Waals surface area contributed by atoms with E-state index in [1.165, 1.54) is 6.07 Å². The summed E-state index contributed by atoms with van der Waals surface area (Å²) >= 11 is 0. The van der Waals surface area contributed by atoms with E-state index in [9.17, 15) is 34.8 Å². The Labute approximate surface area is 200 Å². The van der Waals surface area contributed by atoms with Crippen LogP contribution >= 0.6 is 0 Å². The van der Waals surface area contributed by atoms with Crippen molar-refractivity contribution in [1.82, 2.24) is 4.98 Å². The number of pyridine rings is 1. The first-order valence-electron chi connectivity index (χ1n) is 11.6. The number of Topliss-reactive ketones (excluding diaryl/α,β-unsaturated/α-hetero) is 2. The number of hydrogen-bond acceptors (Lipinski definition) is 8. The van der Waals surface area contributed by atoms with Gasteiger partial charge in [-0.05, 0) is 67.0 Å². The van der Waals surface area contributed by atoms with Gasteiger partial charge in [0.1, 0.15) is 17.4 Å². The zero-order valence-corrected chi connectivity index (χ0v) is 19.1. The molecule has 3 aliphatic rings. The highest BCUT2D eigenvalue weighted by atomic mass is 16.3. The Bertz CT molecular complexity index is 1320. The molecule has 0 spiro atoms. The third-order valence-corrected chi connectivity index (χ3v) is 7.78. The third kappa shape index (κ3) is 3.22. The smallest absolute Gasteiger partial charge is 0.230 e. The van der Waals surface area contributed by atoms with Gasteiger partial charge in [-0.15, -0.1) is 0 Å². The molecule has 1 aromatic carbocycles. The molecule has 5 rings (SSSR count). The Morgan fingerprint density at radius 3 is 2.63 bits per heavy atom. The van der Waals surface area contributed by atoms with Crippen LogP contribution in [0.2, 0.25) is 0 Å². The molecule has 1 aromatic heterocycles. The van der Waals surface area contributed by atoms with Gasteiger partial charge in [0, 0.05) is 23.3 Å². The lowest BCUT2D eigenvalue weighted by Gasteiger charge is -2.48. The fourth-order valence-electron chi connectivity index (χ4n) is 6.01. The van der Waals surface area contributed by atoms with Crippen molar-refractivity contribution in [3.8, 4) is 17.0 Å². The van der Waals surface area contributed by atoms with Crippen LogP contribution in [-0.4, -0.2) is 54.6 Å². The van der Waals surface area contributed by atoms with Crippen molar-refractivity contribution in [1.29, 1.82) is 0 Å². The van der Waals surface area contributed by atoms with Crippen molar-refractivity contribution in [2.24, 2.45) is 23.5 Å². The van der Waals surface area contributed by atoms with Gasteiger partial charge in [0.15, 0.2) is 11.4 Å². The van der Waals surface area contributed by atoms with Gasteiger partial charge in [-0.1, -0.05) is 6.92 Å². The van der Waals surface area contributed by atoms with Crippen LogP contribution in [0.3, 0.4) is 0 Å². The minimum atomic E-state index is -2.58. The number of carbonyl (C=O) groups excluding carboxylic acids is 3. The van der Waals surface area contributed by atoms with Gasteiger partial charge in [0.25, 0.3) is 0 Å². The Kier molecular flexibility index (Phi) is 5.30. The molecule has 0 bridgehead atoms. The number of amides is 1. The lowest BCUT2D eigenvalue weighted by molar-refractivity contribution is -0.174. The van der Waals surface area contributed by atoms with Gasteiger partial charge < -0.3 is 26.2 Å². The van der Waals surface area contributed by atoms with E-state index in [1.807, 2.05) is 19.1 Å². The molecule has 9 nitrogen and oxygen atoms in total. The van der Waals surface area contributed by atoms with E-state index in [0.717, 1.165) is 12.0 Å². The summed E-state index contributed by atoms with van der Waals surface area (Å²) in [6, 6.07) is 6.94. The molecule has 6 N–H and O–H groups in total. The number of rotatable bonds is 3. The van der Waals surface area contributed by atoms with Crippen LogP contribution in [0.4, 0.5) is 0 Å². The largest absolute Gasteiger partial charge is 0.507 e. The van der Waals surface area contributed by atoms with Crippen molar-refractivity contribution in [3.63, 3.8) is 0 Å². The van der Waals surface area contributed by atoms with Crippen molar-refractivity contribution in [2.45, 2.75) is 44.3 Å². The lowest BCUT2D eigenvalue weighted by Crippen LogP contribution is -2.66. The van der Waals surface area contributed by atoms with Crippen molar-refractivity contribution in [3.05, 3.63) is 52.7 Å². The summed E-state index contributed by atoms with van der Waals surface area (Å²) in [5.74, 6) is -7.27.